The van der Waals surface area contributed by atoms with Crippen LogP contribution in [-0.2, 0) is 6.54 Å². The normalized spacial score (nSPS) is 9.94. The van der Waals surface area contributed by atoms with Gasteiger partial charge in [-0.05, 0) is 23.8 Å². The summed E-state index contributed by atoms with van der Waals surface area (Å²) in [6.07, 6.45) is 0. The van der Waals surface area contributed by atoms with E-state index in [9.17, 15) is 9.18 Å². The lowest BCUT2D eigenvalue weighted by Crippen LogP contribution is -2.23. The van der Waals surface area contributed by atoms with E-state index in [4.69, 9.17) is 0 Å². The highest BCUT2D eigenvalue weighted by molar-refractivity contribution is 5.94. The van der Waals surface area contributed by atoms with E-state index < -0.39 is 11.7 Å². The summed E-state index contributed by atoms with van der Waals surface area (Å²) in [5.74, 6) is -0.915. The molecule has 0 saturated carbocycles. The van der Waals surface area contributed by atoms with Crippen molar-refractivity contribution in [3.8, 4) is 0 Å². The summed E-state index contributed by atoms with van der Waals surface area (Å²) in [7, 11) is 0. The van der Waals surface area contributed by atoms with Crippen LogP contribution in [-0.4, -0.2) is 5.91 Å². The SMILES string of the molecule is O=C(NCc1cc[c]cc1)c1ccccc1F. The molecule has 0 aromatic heterocycles. The van der Waals surface area contributed by atoms with E-state index in [1.54, 1.807) is 24.3 Å². The Morgan fingerprint density at radius 1 is 1.18 bits per heavy atom. The van der Waals surface area contributed by atoms with E-state index in [0.717, 1.165) is 5.56 Å². The fourth-order valence-electron chi connectivity index (χ4n) is 1.46. The number of amides is 1. The molecule has 2 aromatic rings. The predicted octanol–water partition coefficient (Wildman–Crippen LogP) is 2.56. The van der Waals surface area contributed by atoms with Crippen LogP contribution in [0, 0.1) is 11.9 Å². The molecular formula is C14H11FNO. The van der Waals surface area contributed by atoms with Gasteiger partial charge in [0.2, 0.25) is 0 Å². The Kier molecular flexibility index (Phi) is 3.50. The van der Waals surface area contributed by atoms with E-state index in [-0.39, 0.29) is 5.56 Å². The van der Waals surface area contributed by atoms with Crippen LogP contribution in [0.2, 0.25) is 0 Å². The van der Waals surface area contributed by atoms with Crippen LogP contribution >= 0.6 is 0 Å². The Morgan fingerprint density at radius 2 is 1.88 bits per heavy atom. The number of carbonyl (C=O) groups is 1. The van der Waals surface area contributed by atoms with Crippen LogP contribution in [0.3, 0.4) is 0 Å². The topological polar surface area (TPSA) is 29.1 Å². The summed E-state index contributed by atoms with van der Waals surface area (Å²) in [5.41, 5.74) is 1.02. The molecule has 0 spiro atoms. The molecule has 1 amide bonds. The van der Waals surface area contributed by atoms with Crippen molar-refractivity contribution in [2.24, 2.45) is 0 Å². The van der Waals surface area contributed by atoms with Crippen molar-refractivity contribution in [2.75, 3.05) is 0 Å². The second kappa shape index (κ2) is 5.25. The number of nitrogens with one attached hydrogen (secondary N) is 1. The van der Waals surface area contributed by atoms with E-state index in [0.29, 0.717) is 6.54 Å². The second-order valence-corrected chi connectivity index (χ2v) is 3.57. The molecule has 0 heterocycles. The van der Waals surface area contributed by atoms with Gasteiger partial charge in [-0.2, -0.15) is 0 Å². The van der Waals surface area contributed by atoms with Crippen molar-refractivity contribution in [1.82, 2.24) is 5.32 Å². The summed E-state index contributed by atoms with van der Waals surface area (Å²) >= 11 is 0. The van der Waals surface area contributed by atoms with Crippen molar-refractivity contribution >= 4 is 5.91 Å². The smallest absolute Gasteiger partial charge is 0.254 e. The van der Waals surface area contributed by atoms with Gasteiger partial charge in [0.25, 0.3) is 5.91 Å². The van der Waals surface area contributed by atoms with Gasteiger partial charge in [-0.3, -0.25) is 4.79 Å². The average molecular weight is 228 g/mol. The van der Waals surface area contributed by atoms with Gasteiger partial charge >= 0.3 is 0 Å². The summed E-state index contributed by atoms with van der Waals surface area (Å²) in [4.78, 5) is 11.7. The van der Waals surface area contributed by atoms with Crippen molar-refractivity contribution in [3.63, 3.8) is 0 Å². The molecule has 0 bridgehead atoms. The maximum atomic E-state index is 13.3. The van der Waals surface area contributed by atoms with Gasteiger partial charge in [0, 0.05) is 6.54 Å². The number of halogens is 1. The maximum absolute atomic E-state index is 13.3. The summed E-state index contributed by atoms with van der Waals surface area (Å²) < 4.78 is 13.3. The third-order valence-electron chi connectivity index (χ3n) is 2.36. The highest BCUT2D eigenvalue weighted by Gasteiger charge is 2.09. The van der Waals surface area contributed by atoms with Crippen molar-refractivity contribution in [2.45, 2.75) is 6.54 Å². The van der Waals surface area contributed by atoms with Crippen molar-refractivity contribution < 1.29 is 9.18 Å². The fourth-order valence-corrected chi connectivity index (χ4v) is 1.46. The van der Waals surface area contributed by atoms with Gasteiger partial charge in [-0.1, -0.05) is 36.4 Å². The Balaban J connectivity index is 2.01. The van der Waals surface area contributed by atoms with E-state index in [1.807, 2.05) is 12.1 Å². The first kappa shape index (κ1) is 11.3. The number of rotatable bonds is 3. The Hall–Kier alpha value is -2.16. The third kappa shape index (κ3) is 2.91. The molecule has 0 atom stereocenters. The first-order valence-electron chi connectivity index (χ1n) is 5.25. The standard InChI is InChI=1S/C14H11FNO/c15-13-9-5-4-8-12(13)14(17)16-10-11-6-2-1-3-7-11/h2-9H,10H2,(H,16,17). The Morgan fingerprint density at radius 3 is 2.59 bits per heavy atom. The zero-order valence-electron chi connectivity index (χ0n) is 9.11. The molecule has 1 radical (unpaired) electrons. The number of benzene rings is 2. The van der Waals surface area contributed by atoms with Crippen molar-refractivity contribution in [1.29, 1.82) is 0 Å². The molecule has 0 aliphatic rings. The largest absolute Gasteiger partial charge is 0.348 e. The molecule has 0 aliphatic carbocycles. The molecule has 3 heteroatoms. The first-order valence-corrected chi connectivity index (χ1v) is 5.25. The number of hydrogen-bond donors (Lipinski definition) is 1. The first-order chi connectivity index (χ1) is 8.27. The average Bonchev–Trinajstić information content (AvgIpc) is 2.38. The van der Waals surface area contributed by atoms with Crippen LogP contribution in [0.15, 0.2) is 48.5 Å². The van der Waals surface area contributed by atoms with Crippen LogP contribution in [0.1, 0.15) is 15.9 Å². The zero-order valence-corrected chi connectivity index (χ0v) is 9.11. The summed E-state index contributed by atoms with van der Waals surface area (Å²) in [5, 5.41) is 2.66. The predicted molar refractivity (Wildman–Crippen MR) is 62.8 cm³/mol. The minimum absolute atomic E-state index is 0.0648. The molecule has 0 aliphatic heterocycles. The molecule has 2 nitrogen and oxygen atoms in total. The van der Waals surface area contributed by atoms with E-state index in [2.05, 4.69) is 11.4 Å². The fraction of sp³-hybridized carbons (Fsp3) is 0.0714. The molecule has 0 unspecified atom stereocenters. The lowest BCUT2D eigenvalue weighted by atomic mass is 10.2. The van der Waals surface area contributed by atoms with Crippen LogP contribution in [0.25, 0.3) is 0 Å². The Labute approximate surface area is 99.1 Å². The molecular weight excluding hydrogens is 217 g/mol. The van der Waals surface area contributed by atoms with Gasteiger partial charge in [0.15, 0.2) is 0 Å². The monoisotopic (exact) mass is 228 g/mol. The highest BCUT2D eigenvalue weighted by atomic mass is 19.1. The van der Waals surface area contributed by atoms with Crippen LogP contribution < -0.4 is 5.32 Å². The molecule has 0 fully saturated rings. The minimum atomic E-state index is -0.508. The van der Waals surface area contributed by atoms with Gasteiger partial charge in [-0.15, -0.1) is 0 Å². The summed E-state index contributed by atoms with van der Waals surface area (Å²) in [6, 6.07) is 16.0. The molecule has 1 N–H and O–H groups in total. The second-order valence-electron chi connectivity index (χ2n) is 3.57. The highest BCUT2D eigenvalue weighted by Crippen LogP contribution is 2.06. The van der Waals surface area contributed by atoms with Crippen LogP contribution in [0.4, 0.5) is 4.39 Å². The van der Waals surface area contributed by atoms with Crippen molar-refractivity contribution in [3.05, 3.63) is 71.5 Å². The minimum Gasteiger partial charge on any atom is -0.348 e. The van der Waals surface area contributed by atoms with E-state index in [1.165, 1.54) is 12.1 Å². The Bertz CT molecular complexity index is 511. The third-order valence-corrected chi connectivity index (χ3v) is 2.36. The molecule has 2 aromatic carbocycles. The van der Waals surface area contributed by atoms with Gasteiger partial charge in [0.1, 0.15) is 5.82 Å². The van der Waals surface area contributed by atoms with E-state index >= 15 is 0 Å². The molecule has 17 heavy (non-hydrogen) atoms. The maximum Gasteiger partial charge on any atom is 0.254 e. The molecule has 85 valence electrons. The molecule has 2 rings (SSSR count). The quantitative estimate of drug-likeness (QED) is 0.859. The van der Waals surface area contributed by atoms with Gasteiger partial charge in [-0.25, -0.2) is 4.39 Å². The lowest BCUT2D eigenvalue weighted by molar-refractivity contribution is 0.0947. The number of hydrogen-bond acceptors (Lipinski definition) is 1. The molecule has 0 saturated heterocycles. The van der Waals surface area contributed by atoms with Gasteiger partial charge in [0.05, 0.1) is 5.56 Å². The van der Waals surface area contributed by atoms with Crippen LogP contribution in [0.5, 0.6) is 0 Å². The number of carbonyl (C=O) groups excluding carboxylic acids is 1. The van der Waals surface area contributed by atoms with Gasteiger partial charge < -0.3 is 5.32 Å². The lowest BCUT2D eigenvalue weighted by Gasteiger charge is -2.05. The summed E-state index contributed by atoms with van der Waals surface area (Å²) in [6.45, 7) is 0.377. The zero-order chi connectivity index (χ0) is 12.1.